The van der Waals surface area contributed by atoms with Crippen molar-refractivity contribution < 1.29 is 0 Å². The third kappa shape index (κ3) is 5.09. The summed E-state index contributed by atoms with van der Waals surface area (Å²) in [6.45, 7) is 5.86. The van der Waals surface area contributed by atoms with Crippen molar-refractivity contribution in [3.63, 3.8) is 0 Å². The summed E-state index contributed by atoms with van der Waals surface area (Å²) in [4.78, 5) is 13.1. The van der Waals surface area contributed by atoms with Crippen LogP contribution in [0.5, 0.6) is 0 Å². The highest BCUT2D eigenvalue weighted by molar-refractivity contribution is 7.10. The molecule has 2 aromatic carbocycles. The molecule has 0 aliphatic rings. The summed E-state index contributed by atoms with van der Waals surface area (Å²) in [5.41, 5.74) is 8.89. The average molecular weight is 479 g/mol. The standard InChI is InChI=1S/C28H26N6S/c1-18-3-6-26(19(2)9-18)34-28-22(12-29)13-32-27-11-20(4-5-25(27)28)21-10-24(35-16-21)15-30-8-7-23-14-31-17-33-23/h3-6,9-11,13-14,16-17,30H,7-8,15H2,1-2H3,(H,31,33)(H,32,34). The minimum absolute atomic E-state index is 0.531. The Balaban J connectivity index is 1.36. The molecule has 0 unspecified atom stereocenters. The van der Waals surface area contributed by atoms with Gasteiger partial charge in [-0.15, -0.1) is 11.3 Å². The fraction of sp³-hybridized carbons (Fsp3) is 0.179. The average Bonchev–Trinajstić information content (AvgIpc) is 3.56. The van der Waals surface area contributed by atoms with Crippen LogP contribution in [0.15, 0.2) is 66.6 Å². The van der Waals surface area contributed by atoms with Crippen LogP contribution in [0.2, 0.25) is 0 Å². The normalized spacial score (nSPS) is 11.0. The first-order chi connectivity index (χ1) is 17.1. The van der Waals surface area contributed by atoms with Crippen LogP contribution < -0.4 is 10.6 Å². The number of fused-ring (bicyclic) bond motifs is 1. The van der Waals surface area contributed by atoms with E-state index in [9.17, 15) is 5.26 Å². The molecular formula is C28H26N6S. The zero-order valence-electron chi connectivity index (χ0n) is 19.7. The van der Waals surface area contributed by atoms with Gasteiger partial charge in [-0.1, -0.05) is 29.8 Å². The number of hydrogen-bond donors (Lipinski definition) is 3. The van der Waals surface area contributed by atoms with E-state index in [0.29, 0.717) is 5.56 Å². The van der Waals surface area contributed by atoms with Crippen LogP contribution in [0.25, 0.3) is 22.0 Å². The molecule has 0 radical (unpaired) electrons. The minimum Gasteiger partial charge on any atom is -0.354 e. The number of H-pyrrole nitrogens is 1. The molecule has 0 amide bonds. The molecule has 0 fully saturated rings. The maximum absolute atomic E-state index is 9.71. The van der Waals surface area contributed by atoms with E-state index in [1.165, 1.54) is 16.0 Å². The van der Waals surface area contributed by atoms with E-state index in [4.69, 9.17) is 0 Å². The SMILES string of the molecule is Cc1ccc(Nc2c(C#N)cnc3cc(-c4csc(CNCCc5c[nH]cn5)c4)ccc23)c(C)c1. The molecule has 7 heteroatoms. The van der Waals surface area contributed by atoms with E-state index in [0.717, 1.165) is 58.6 Å². The Morgan fingerprint density at radius 1 is 1.06 bits per heavy atom. The number of rotatable bonds is 8. The number of pyridine rings is 1. The molecule has 3 heterocycles. The molecule has 5 aromatic rings. The zero-order chi connectivity index (χ0) is 24.2. The Kier molecular flexibility index (Phi) is 6.57. The number of hydrogen-bond acceptors (Lipinski definition) is 6. The van der Waals surface area contributed by atoms with Crippen molar-refractivity contribution in [3.05, 3.63) is 93.8 Å². The van der Waals surface area contributed by atoms with Crippen molar-refractivity contribution in [2.24, 2.45) is 0 Å². The maximum atomic E-state index is 9.71. The lowest BCUT2D eigenvalue weighted by Crippen LogP contribution is -2.16. The van der Waals surface area contributed by atoms with E-state index in [-0.39, 0.29) is 0 Å². The van der Waals surface area contributed by atoms with E-state index in [1.807, 2.05) is 6.20 Å². The predicted molar refractivity (Wildman–Crippen MR) is 143 cm³/mol. The van der Waals surface area contributed by atoms with Gasteiger partial charge in [0.2, 0.25) is 0 Å². The number of anilines is 2. The first kappa shape index (κ1) is 22.8. The summed E-state index contributed by atoms with van der Waals surface area (Å²) < 4.78 is 0. The van der Waals surface area contributed by atoms with Crippen molar-refractivity contribution in [3.8, 4) is 17.2 Å². The van der Waals surface area contributed by atoms with E-state index < -0.39 is 0 Å². The van der Waals surface area contributed by atoms with Crippen LogP contribution in [-0.2, 0) is 13.0 Å². The monoisotopic (exact) mass is 478 g/mol. The molecule has 3 N–H and O–H groups in total. The molecular weight excluding hydrogens is 452 g/mol. The number of benzene rings is 2. The molecule has 0 bridgehead atoms. The highest BCUT2D eigenvalue weighted by Gasteiger charge is 2.12. The lowest BCUT2D eigenvalue weighted by atomic mass is 10.0. The first-order valence-corrected chi connectivity index (χ1v) is 12.4. The first-order valence-electron chi connectivity index (χ1n) is 11.5. The number of aryl methyl sites for hydroxylation is 2. The predicted octanol–water partition coefficient (Wildman–Crippen LogP) is 6.25. The van der Waals surface area contributed by atoms with Crippen LogP contribution in [0.1, 0.15) is 27.3 Å². The van der Waals surface area contributed by atoms with Crippen molar-refractivity contribution in [2.45, 2.75) is 26.8 Å². The van der Waals surface area contributed by atoms with Gasteiger partial charge in [0, 0.05) is 47.9 Å². The van der Waals surface area contributed by atoms with Gasteiger partial charge in [0.15, 0.2) is 0 Å². The van der Waals surface area contributed by atoms with Gasteiger partial charge in [0.25, 0.3) is 0 Å². The fourth-order valence-corrected chi connectivity index (χ4v) is 5.02. The molecule has 6 nitrogen and oxygen atoms in total. The molecule has 174 valence electrons. The molecule has 0 aliphatic carbocycles. The molecule has 0 saturated carbocycles. The lowest BCUT2D eigenvalue weighted by Gasteiger charge is -2.14. The van der Waals surface area contributed by atoms with Gasteiger partial charge in [-0.2, -0.15) is 5.26 Å². The Morgan fingerprint density at radius 3 is 2.77 bits per heavy atom. The Morgan fingerprint density at radius 2 is 1.97 bits per heavy atom. The zero-order valence-corrected chi connectivity index (χ0v) is 20.5. The summed E-state index contributed by atoms with van der Waals surface area (Å²) in [6.07, 6.45) is 6.20. The largest absolute Gasteiger partial charge is 0.354 e. The smallest absolute Gasteiger partial charge is 0.103 e. The summed E-state index contributed by atoms with van der Waals surface area (Å²) >= 11 is 1.75. The molecule has 0 aliphatic heterocycles. The van der Waals surface area contributed by atoms with Crippen molar-refractivity contribution in [1.29, 1.82) is 5.26 Å². The Labute approximate surface area is 208 Å². The quantitative estimate of drug-likeness (QED) is 0.229. The van der Waals surface area contributed by atoms with E-state index >= 15 is 0 Å². The van der Waals surface area contributed by atoms with Crippen LogP contribution in [0.3, 0.4) is 0 Å². The van der Waals surface area contributed by atoms with Crippen LogP contribution in [0.4, 0.5) is 11.4 Å². The van der Waals surface area contributed by atoms with Crippen molar-refractivity contribution in [2.75, 3.05) is 11.9 Å². The second kappa shape index (κ2) is 10.1. The second-order valence-electron chi connectivity index (χ2n) is 8.62. The van der Waals surface area contributed by atoms with Gasteiger partial charge in [-0.3, -0.25) is 4.98 Å². The third-order valence-electron chi connectivity index (χ3n) is 6.03. The Hall–Kier alpha value is -3.99. The van der Waals surface area contributed by atoms with Gasteiger partial charge in [-0.25, -0.2) is 4.98 Å². The molecule has 0 atom stereocenters. The van der Waals surface area contributed by atoms with Gasteiger partial charge < -0.3 is 15.6 Å². The molecule has 3 aromatic heterocycles. The van der Waals surface area contributed by atoms with Crippen LogP contribution in [0, 0.1) is 25.2 Å². The topological polar surface area (TPSA) is 89.4 Å². The van der Waals surface area contributed by atoms with Crippen molar-refractivity contribution >= 4 is 33.6 Å². The summed E-state index contributed by atoms with van der Waals surface area (Å²) in [7, 11) is 0. The summed E-state index contributed by atoms with van der Waals surface area (Å²) in [6, 6.07) is 17.0. The number of aromatic nitrogens is 3. The highest BCUT2D eigenvalue weighted by Crippen LogP contribution is 2.34. The molecule has 35 heavy (non-hydrogen) atoms. The minimum atomic E-state index is 0.531. The van der Waals surface area contributed by atoms with Crippen LogP contribution in [-0.4, -0.2) is 21.5 Å². The van der Waals surface area contributed by atoms with Crippen LogP contribution >= 0.6 is 11.3 Å². The van der Waals surface area contributed by atoms with E-state index in [2.05, 4.69) is 93.3 Å². The fourth-order valence-electron chi connectivity index (χ4n) is 4.16. The number of nitrogens with one attached hydrogen (secondary N) is 3. The van der Waals surface area contributed by atoms with Crippen molar-refractivity contribution in [1.82, 2.24) is 20.3 Å². The Bertz CT molecular complexity index is 1510. The highest BCUT2D eigenvalue weighted by atomic mass is 32.1. The van der Waals surface area contributed by atoms with Gasteiger partial charge in [-0.05, 0) is 54.1 Å². The number of aromatic amines is 1. The van der Waals surface area contributed by atoms with E-state index in [1.54, 1.807) is 23.9 Å². The summed E-state index contributed by atoms with van der Waals surface area (Å²) in [5.74, 6) is 0. The molecule has 5 rings (SSSR count). The maximum Gasteiger partial charge on any atom is 0.103 e. The lowest BCUT2D eigenvalue weighted by molar-refractivity contribution is 0.688. The second-order valence-corrected chi connectivity index (χ2v) is 9.62. The number of nitriles is 1. The third-order valence-corrected chi connectivity index (χ3v) is 6.97. The summed E-state index contributed by atoms with van der Waals surface area (Å²) in [5, 5.41) is 19.8. The van der Waals surface area contributed by atoms with Gasteiger partial charge >= 0.3 is 0 Å². The number of thiophene rings is 1. The molecule has 0 spiro atoms. The van der Waals surface area contributed by atoms with Gasteiger partial charge in [0.1, 0.15) is 6.07 Å². The van der Waals surface area contributed by atoms with Gasteiger partial charge in [0.05, 0.1) is 28.8 Å². The molecule has 0 saturated heterocycles. The number of imidazole rings is 1. The number of nitrogens with zero attached hydrogens (tertiary/aromatic N) is 3.